The Kier molecular flexibility index (Phi) is 4.22. The van der Waals surface area contributed by atoms with Crippen LogP contribution < -0.4 is 15.9 Å². The largest absolute Gasteiger partial charge is 0.487 e. The Labute approximate surface area is 230 Å². The Morgan fingerprint density at radius 3 is 1.70 bits per heavy atom. The Hall–Kier alpha value is -4.44. The normalized spacial score (nSPS) is 13.1. The maximum atomic E-state index is 14.5. The van der Waals surface area contributed by atoms with Gasteiger partial charge in [0.05, 0.1) is 16.5 Å². The number of fused-ring (bicyclic) bond motifs is 3. The van der Waals surface area contributed by atoms with Gasteiger partial charge in [0.1, 0.15) is 11.4 Å². The van der Waals surface area contributed by atoms with Gasteiger partial charge in [-0.05, 0) is 121 Å². The van der Waals surface area contributed by atoms with Crippen LogP contribution in [0.15, 0.2) is 58.1 Å². The van der Waals surface area contributed by atoms with Gasteiger partial charge < -0.3 is 4.74 Å². The number of benzene rings is 6. The van der Waals surface area contributed by atoms with Crippen molar-refractivity contribution in [1.29, 1.82) is 0 Å². The second-order valence-corrected chi connectivity index (χ2v) is 12.6. The van der Waals surface area contributed by atoms with E-state index in [-0.39, 0.29) is 11.1 Å². The third-order valence-corrected chi connectivity index (χ3v) is 8.70. The van der Waals surface area contributed by atoms with Crippen molar-refractivity contribution in [2.45, 2.75) is 54.1 Å². The molecule has 0 unspecified atom stereocenters. The molecular weight excluding hydrogens is 494 g/mol. The third kappa shape index (κ3) is 2.71. The van der Waals surface area contributed by atoms with Crippen LogP contribution in [0.2, 0.25) is 0 Å². The summed E-state index contributed by atoms with van der Waals surface area (Å²) in [5.74, 6) is 0.737. The Morgan fingerprint density at radius 1 is 0.575 bits per heavy atom. The summed E-state index contributed by atoms with van der Waals surface area (Å²) in [4.78, 5) is 28.9. The molecule has 40 heavy (non-hydrogen) atoms. The second-order valence-electron chi connectivity index (χ2n) is 12.6. The highest BCUT2D eigenvalue weighted by Crippen LogP contribution is 2.52. The number of nitrogens with zero attached hydrogens (tertiary/aromatic N) is 1. The Balaban J connectivity index is 1.71. The van der Waals surface area contributed by atoms with E-state index < -0.39 is 5.60 Å². The maximum Gasteiger partial charge on any atom is 0.266 e. The van der Waals surface area contributed by atoms with Gasteiger partial charge in [0.2, 0.25) is 0 Å². The van der Waals surface area contributed by atoms with E-state index in [1.165, 1.54) is 20.7 Å². The maximum absolute atomic E-state index is 14.5. The van der Waals surface area contributed by atoms with Crippen LogP contribution >= 0.6 is 0 Å². The topological polar surface area (TPSA) is 48.3 Å². The van der Waals surface area contributed by atoms with Gasteiger partial charge >= 0.3 is 0 Å². The lowest BCUT2D eigenvalue weighted by atomic mass is 9.93. The highest BCUT2D eigenvalue weighted by molar-refractivity contribution is 6.48. The molecule has 7 aromatic carbocycles. The fraction of sp³-hybridized carbons (Fsp3) is 0.222. The summed E-state index contributed by atoms with van der Waals surface area (Å²) >= 11 is 0. The van der Waals surface area contributed by atoms with Crippen molar-refractivity contribution in [2.75, 3.05) is 0 Å². The SMILES string of the molecule is Cc1cc(C)c(-n2c(=O)c3c4cc(C)c5ccc6ccc7c(OC(C)(C)C)cc(c3c2=O)c2c7c6c5c42)c(C)c1. The van der Waals surface area contributed by atoms with Crippen LogP contribution in [0.4, 0.5) is 0 Å². The standard InChI is InChI=1S/C36H29NO3/c1-16-12-18(3)33(19(4)13-16)37-34(38)31-23-14-17(2)21-10-8-20-9-11-22-25(40-36(5,6)7)15-24(32(31)35(37)39)30-28(22)26(20)27(21)29(23)30/h8-15H,1-7H3. The van der Waals surface area contributed by atoms with Crippen LogP contribution in [0.1, 0.15) is 43.0 Å². The molecule has 0 aliphatic heterocycles. The van der Waals surface area contributed by atoms with Crippen LogP contribution in [0.5, 0.6) is 5.75 Å². The molecule has 4 heteroatoms. The highest BCUT2D eigenvalue weighted by atomic mass is 16.5. The van der Waals surface area contributed by atoms with Gasteiger partial charge in [0.25, 0.3) is 11.1 Å². The summed E-state index contributed by atoms with van der Waals surface area (Å²) in [5, 5.41) is 11.6. The molecule has 8 rings (SSSR count). The first kappa shape index (κ1) is 23.4. The molecule has 1 heterocycles. The number of aromatic nitrogens is 1. The molecule has 0 N–H and O–H groups in total. The van der Waals surface area contributed by atoms with Crippen molar-refractivity contribution < 1.29 is 4.74 Å². The van der Waals surface area contributed by atoms with Crippen molar-refractivity contribution in [3.8, 4) is 11.4 Å². The lowest BCUT2D eigenvalue weighted by Crippen LogP contribution is -2.25. The summed E-state index contributed by atoms with van der Waals surface area (Å²) in [6.45, 7) is 14.2. The smallest absolute Gasteiger partial charge is 0.266 e. The summed E-state index contributed by atoms with van der Waals surface area (Å²) < 4.78 is 7.96. The Morgan fingerprint density at radius 2 is 1.10 bits per heavy atom. The molecule has 0 atom stereocenters. The van der Waals surface area contributed by atoms with Gasteiger partial charge in [-0.3, -0.25) is 9.59 Å². The lowest BCUT2D eigenvalue weighted by molar-refractivity contribution is 0.133. The van der Waals surface area contributed by atoms with Gasteiger partial charge in [0, 0.05) is 16.2 Å². The van der Waals surface area contributed by atoms with Crippen molar-refractivity contribution >= 4 is 64.6 Å². The van der Waals surface area contributed by atoms with Crippen molar-refractivity contribution in [3.63, 3.8) is 0 Å². The Bertz CT molecular complexity index is 2430. The number of aryl methyl sites for hydroxylation is 4. The molecule has 0 aliphatic rings. The fourth-order valence-corrected chi connectivity index (χ4v) is 7.47. The zero-order valence-corrected chi connectivity index (χ0v) is 23.8. The second kappa shape index (κ2) is 7.19. The lowest BCUT2D eigenvalue weighted by Gasteiger charge is -2.23. The van der Waals surface area contributed by atoms with Crippen LogP contribution in [0.3, 0.4) is 0 Å². The summed E-state index contributed by atoms with van der Waals surface area (Å²) in [7, 11) is 0. The zero-order chi connectivity index (χ0) is 28.0. The molecule has 0 saturated carbocycles. The minimum atomic E-state index is -0.436. The van der Waals surface area contributed by atoms with Crippen LogP contribution in [0, 0.1) is 27.7 Å². The van der Waals surface area contributed by atoms with Crippen molar-refractivity contribution in [2.24, 2.45) is 0 Å². The van der Waals surface area contributed by atoms with Gasteiger partial charge in [-0.2, -0.15) is 0 Å². The number of rotatable bonds is 2. The van der Waals surface area contributed by atoms with E-state index in [9.17, 15) is 9.59 Å². The molecule has 0 radical (unpaired) electrons. The van der Waals surface area contributed by atoms with Crippen molar-refractivity contribution in [3.05, 3.63) is 91.5 Å². The summed E-state index contributed by atoms with van der Waals surface area (Å²) in [6.07, 6.45) is 0. The minimum absolute atomic E-state index is 0.253. The fourth-order valence-electron chi connectivity index (χ4n) is 7.47. The minimum Gasteiger partial charge on any atom is -0.487 e. The summed E-state index contributed by atoms with van der Waals surface area (Å²) in [6, 6.07) is 16.9. The van der Waals surface area contributed by atoms with E-state index in [0.29, 0.717) is 16.5 Å². The van der Waals surface area contributed by atoms with Crippen LogP contribution in [-0.2, 0) is 0 Å². The van der Waals surface area contributed by atoms with E-state index >= 15 is 0 Å². The van der Waals surface area contributed by atoms with E-state index in [2.05, 4.69) is 37.3 Å². The number of hydrogen-bond donors (Lipinski definition) is 0. The molecule has 0 spiro atoms. The van der Waals surface area contributed by atoms with Gasteiger partial charge in [-0.15, -0.1) is 0 Å². The molecule has 0 fully saturated rings. The van der Waals surface area contributed by atoms with Gasteiger partial charge in [-0.25, -0.2) is 4.57 Å². The van der Waals surface area contributed by atoms with Crippen molar-refractivity contribution in [1.82, 2.24) is 4.57 Å². The third-order valence-electron chi connectivity index (χ3n) is 8.70. The van der Waals surface area contributed by atoms with E-state index in [1.54, 1.807) is 0 Å². The molecule has 0 bridgehead atoms. The van der Waals surface area contributed by atoms with Gasteiger partial charge in [0.15, 0.2) is 0 Å². The number of hydrogen-bond acceptors (Lipinski definition) is 3. The molecule has 0 aliphatic carbocycles. The highest BCUT2D eigenvalue weighted by Gasteiger charge is 2.30. The monoisotopic (exact) mass is 523 g/mol. The first-order valence-electron chi connectivity index (χ1n) is 13.9. The predicted octanol–water partition coefficient (Wildman–Crippen LogP) is 8.28. The molecule has 0 saturated heterocycles. The van der Waals surface area contributed by atoms with E-state index in [1.807, 2.05) is 59.7 Å². The molecule has 196 valence electrons. The van der Waals surface area contributed by atoms with Gasteiger partial charge in [-0.1, -0.05) is 35.9 Å². The molecular formula is C36H29NO3. The molecule has 4 nitrogen and oxygen atoms in total. The quantitative estimate of drug-likeness (QED) is 0.214. The first-order chi connectivity index (χ1) is 19.0. The van der Waals surface area contributed by atoms with E-state index in [0.717, 1.165) is 65.7 Å². The molecule has 8 aromatic rings. The zero-order valence-electron chi connectivity index (χ0n) is 23.8. The van der Waals surface area contributed by atoms with Crippen LogP contribution in [-0.4, -0.2) is 10.2 Å². The first-order valence-corrected chi connectivity index (χ1v) is 13.9. The average Bonchev–Trinajstić information content (AvgIpc) is 3.35. The number of ether oxygens (including phenoxy) is 1. The predicted molar refractivity (Wildman–Crippen MR) is 167 cm³/mol. The average molecular weight is 524 g/mol. The summed E-state index contributed by atoms with van der Waals surface area (Å²) in [5.41, 5.74) is 3.77. The molecule has 0 amide bonds. The molecule has 1 aromatic heterocycles. The van der Waals surface area contributed by atoms with E-state index in [4.69, 9.17) is 4.74 Å². The van der Waals surface area contributed by atoms with Crippen LogP contribution in [0.25, 0.3) is 70.3 Å².